The topological polar surface area (TPSA) is 79.5 Å². The molecule has 0 spiro atoms. The van der Waals surface area contributed by atoms with E-state index in [2.05, 4.69) is 5.32 Å². The van der Waals surface area contributed by atoms with Gasteiger partial charge in [0.25, 0.3) is 0 Å². The number of carbonyl (C=O) groups is 2. The first-order valence-electron chi connectivity index (χ1n) is 8.23. The standard InChI is InChI=1S/C20H17NO4/c22-19(15-6-1-2-7-16(15)20(23)24)21-12-9-10-14-13-5-3-4-8-17(13)25-18(14)11-12/h1-5,8-11,15-16H,6-7H2,(H,21,22)(H,23,24)/t15-,16-/m0/s1. The highest BCUT2D eigenvalue weighted by molar-refractivity contribution is 6.06. The first kappa shape index (κ1) is 15.4. The van der Waals surface area contributed by atoms with E-state index in [9.17, 15) is 14.7 Å². The van der Waals surface area contributed by atoms with Crippen LogP contribution in [0.2, 0.25) is 0 Å². The average molecular weight is 335 g/mol. The molecule has 0 saturated carbocycles. The molecular weight excluding hydrogens is 318 g/mol. The van der Waals surface area contributed by atoms with Crippen LogP contribution in [0.4, 0.5) is 5.69 Å². The van der Waals surface area contributed by atoms with Crippen molar-refractivity contribution in [1.29, 1.82) is 0 Å². The lowest BCUT2D eigenvalue weighted by molar-refractivity contribution is -0.146. The number of allylic oxidation sites excluding steroid dienone is 2. The first-order chi connectivity index (χ1) is 12.1. The fraction of sp³-hybridized carbons (Fsp3) is 0.200. The van der Waals surface area contributed by atoms with Crippen LogP contribution in [0.1, 0.15) is 12.8 Å². The summed E-state index contributed by atoms with van der Waals surface area (Å²) in [5.74, 6) is -2.45. The lowest BCUT2D eigenvalue weighted by atomic mass is 9.82. The van der Waals surface area contributed by atoms with Gasteiger partial charge in [0.05, 0.1) is 11.8 Å². The van der Waals surface area contributed by atoms with E-state index < -0.39 is 17.8 Å². The average Bonchev–Trinajstić information content (AvgIpc) is 2.99. The fourth-order valence-corrected chi connectivity index (χ4v) is 3.42. The summed E-state index contributed by atoms with van der Waals surface area (Å²) in [6.07, 6.45) is 4.51. The van der Waals surface area contributed by atoms with Crippen LogP contribution in [-0.4, -0.2) is 17.0 Å². The van der Waals surface area contributed by atoms with Gasteiger partial charge in [-0.05, 0) is 31.0 Å². The minimum atomic E-state index is -0.933. The second kappa shape index (κ2) is 6.09. The predicted molar refractivity (Wildman–Crippen MR) is 95.3 cm³/mol. The second-order valence-electron chi connectivity index (χ2n) is 6.29. The van der Waals surface area contributed by atoms with Crippen molar-refractivity contribution < 1.29 is 19.1 Å². The number of fused-ring (bicyclic) bond motifs is 3. The highest BCUT2D eigenvalue weighted by Crippen LogP contribution is 2.31. The van der Waals surface area contributed by atoms with E-state index in [1.54, 1.807) is 6.07 Å². The number of hydrogen-bond donors (Lipinski definition) is 2. The Labute approximate surface area is 143 Å². The zero-order chi connectivity index (χ0) is 17.4. The molecule has 1 aromatic heterocycles. The third-order valence-electron chi connectivity index (χ3n) is 4.73. The lowest BCUT2D eigenvalue weighted by Gasteiger charge is -2.24. The molecule has 2 N–H and O–H groups in total. The SMILES string of the molecule is O=C(O)[C@H]1CC=CC[C@@H]1C(=O)Nc1ccc2c(c1)oc1ccccc12. The number of anilines is 1. The first-order valence-corrected chi connectivity index (χ1v) is 8.23. The van der Waals surface area contributed by atoms with Crippen LogP contribution in [0, 0.1) is 11.8 Å². The predicted octanol–water partition coefficient (Wildman–Crippen LogP) is 4.19. The Morgan fingerprint density at radius 3 is 2.48 bits per heavy atom. The van der Waals surface area contributed by atoms with Crippen LogP contribution in [0.15, 0.2) is 59.0 Å². The molecule has 2 aromatic carbocycles. The van der Waals surface area contributed by atoms with Gasteiger partial charge >= 0.3 is 5.97 Å². The Morgan fingerprint density at radius 2 is 1.68 bits per heavy atom. The van der Waals surface area contributed by atoms with Gasteiger partial charge in [-0.2, -0.15) is 0 Å². The van der Waals surface area contributed by atoms with Crippen molar-refractivity contribution in [1.82, 2.24) is 0 Å². The van der Waals surface area contributed by atoms with Crippen molar-refractivity contribution in [3.8, 4) is 0 Å². The van der Waals surface area contributed by atoms with Crippen LogP contribution in [0.3, 0.4) is 0 Å². The number of aliphatic carboxylic acids is 1. The number of benzene rings is 2. The maximum Gasteiger partial charge on any atom is 0.307 e. The number of carboxylic acids is 1. The Kier molecular flexibility index (Phi) is 3.76. The maximum atomic E-state index is 12.6. The number of carboxylic acid groups (broad SMARTS) is 1. The van der Waals surface area contributed by atoms with Gasteiger partial charge < -0.3 is 14.8 Å². The van der Waals surface area contributed by atoms with Crippen LogP contribution >= 0.6 is 0 Å². The van der Waals surface area contributed by atoms with E-state index >= 15 is 0 Å². The summed E-state index contributed by atoms with van der Waals surface area (Å²) in [7, 11) is 0. The number of nitrogens with one attached hydrogen (secondary N) is 1. The minimum Gasteiger partial charge on any atom is -0.481 e. The summed E-state index contributed by atoms with van der Waals surface area (Å²) in [6.45, 7) is 0. The lowest BCUT2D eigenvalue weighted by Crippen LogP contribution is -2.34. The maximum absolute atomic E-state index is 12.6. The molecule has 4 rings (SSSR count). The van der Waals surface area contributed by atoms with Crippen molar-refractivity contribution in [2.45, 2.75) is 12.8 Å². The number of para-hydroxylation sites is 1. The Morgan fingerprint density at radius 1 is 0.960 bits per heavy atom. The molecule has 2 atom stereocenters. The molecule has 0 fully saturated rings. The smallest absolute Gasteiger partial charge is 0.307 e. The zero-order valence-corrected chi connectivity index (χ0v) is 13.4. The number of amides is 1. The molecule has 126 valence electrons. The van der Waals surface area contributed by atoms with Crippen molar-refractivity contribution in [3.05, 3.63) is 54.6 Å². The van der Waals surface area contributed by atoms with Crippen LogP contribution in [0.25, 0.3) is 21.9 Å². The molecule has 25 heavy (non-hydrogen) atoms. The molecule has 0 aliphatic heterocycles. The van der Waals surface area contributed by atoms with Crippen LogP contribution in [0.5, 0.6) is 0 Å². The number of hydrogen-bond acceptors (Lipinski definition) is 3. The molecule has 1 heterocycles. The monoisotopic (exact) mass is 335 g/mol. The van der Waals surface area contributed by atoms with E-state index in [0.29, 0.717) is 24.1 Å². The normalized spacial score (nSPS) is 20.0. The van der Waals surface area contributed by atoms with Gasteiger partial charge in [0.2, 0.25) is 5.91 Å². The summed E-state index contributed by atoms with van der Waals surface area (Å²) < 4.78 is 5.82. The van der Waals surface area contributed by atoms with Gasteiger partial charge in [-0.1, -0.05) is 30.4 Å². The van der Waals surface area contributed by atoms with E-state index in [1.807, 2.05) is 48.6 Å². The van der Waals surface area contributed by atoms with E-state index in [4.69, 9.17) is 4.42 Å². The van der Waals surface area contributed by atoms with Crippen molar-refractivity contribution >= 4 is 39.5 Å². The fourth-order valence-electron chi connectivity index (χ4n) is 3.42. The molecule has 5 heteroatoms. The summed E-state index contributed by atoms with van der Waals surface area (Å²) in [6, 6.07) is 13.3. The molecular formula is C20H17NO4. The van der Waals surface area contributed by atoms with Gasteiger partial charge in [0.1, 0.15) is 11.2 Å². The highest BCUT2D eigenvalue weighted by atomic mass is 16.4. The molecule has 0 bridgehead atoms. The van der Waals surface area contributed by atoms with Crippen molar-refractivity contribution in [2.75, 3.05) is 5.32 Å². The molecule has 1 amide bonds. The zero-order valence-electron chi connectivity index (χ0n) is 13.4. The summed E-state index contributed by atoms with van der Waals surface area (Å²) in [4.78, 5) is 23.9. The third kappa shape index (κ3) is 2.78. The summed E-state index contributed by atoms with van der Waals surface area (Å²) >= 11 is 0. The number of rotatable bonds is 3. The van der Waals surface area contributed by atoms with Gasteiger partial charge in [0, 0.05) is 22.5 Å². The van der Waals surface area contributed by atoms with Crippen LogP contribution in [-0.2, 0) is 9.59 Å². The van der Waals surface area contributed by atoms with E-state index in [1.165, 1.54) is 0 Å². The van der Waals surface area contributed by atoms with Gasteiger partial charge in [-0.25, -0.2) is 0 Å². The highest BCUT2D eigenvalue weighted by Gasteiger charge is 2.33. The van der Waals surface area contributed by atoms with Gasteiger partial charge in [0.15, 0.2) is 0 Å². The number of furan rings is 1. The molecule has 1 aliphatic carbocycles. The molecule has 3 aromatic rings. The quantitative estimate of drug-likeness (QED) is 0.703. The molecule has 0 unspecified atom stereocenters. The minimum absolute atomic E-state index is 0.271. The Balaban J connectivity index is 1.61. The van der Waals surface area contributed by atoms with E-state index in [-0.39, 0.29) is 5.91 Å². The molecule has 0 radical (unpaired) electrons. The van der Waals surface area contributed by atoms with Gasteiger partial charge in [-0.3, -0.25) is 9.59 Å². The summed E-state index contributed by atoms with van der Waals surface area (Å²) in [5, 5.41) is 14.2. The second-order valence-corrected chi connectivity index (χ2v) is 6.29. The molecule has 5 nitrogen and oxygen atoms in total. The third-order valence-corrected chi connectivity index (χ3v) is 4.73. The van der Waals surface area contributed by atoms with Crippen molar-refractivity contribution in [2.24, 2.45) is 11.8 Å². The number of carbonyl (C=O) groups excluding carboxylic acids is 1. The van der Waals surface area contributed by atoms with Crippen LogP contribution < -0.4 is 5.32 Å². The van der Waals surface area contributed by atoms with Gasteiger partial charge in [-0.15, -0.1) is 0 Å². The summed E-state index contributed by atoms with van der Waals surface area (Å²) in [5.41, 5.74) is 2.09. The molecule has 1 aliphatic rings. The van der Waals surface area contributed by atoms with E-state index in [0.717, 1.165) is 16.4 Å². The largest absolute Gasteiger partial charge is 0.481 e. The molecule has 0 saturated heterocycles. The Hall–Kier alpha value is -3.08. The van der Waals surface area contributed by atoms with Crippen molar-refractivity contribution in [3.63, 3.8) is 0 Å². The Bertz CT molecular complexity index is 1000.